The summed E-state index contributed by atoms with van der Waals surface area (Å²) in [6.07, 6.45) is 7.28. The highest BCUT2D eigenvalue weighted by Gasteiger charge is 2.72. The van der Waals surface area contributed by atoms with Gasteiger partial charge in [0.1, 0.15) is 24.2 Å². The monoisotopic (exact) mass is 1170 g/mol. The molecule has 4 aromatic carbocycles. The van der Waals surface area contributed by atoms with Gasteiger partial charge in [0.25, 0.3) is 23.6 Å². The zero-order valence-corrected chi connectivity index (χ0v) is 48.8. The van der Waals surface area contributed by atoms with Crippen LogP contribution in [-0.2, 0) is 57.5 Å². The number of aromatic nitrogens is 1. The molecule has 2 unspecified atom stereocenters. The molecule has 0 saturated carbocycles. The topological polar surface area (TPSA) is 264 Å². The van der Waals surface area contributed by atoms with Crippen LogP contribution in [0.5, 0.6) is 0 Å². The number of likely N-dealkylation sites (N-methyl/N-ethyl adjacent to an activating group) is 2. The first kappa shape index (κ1) is 56.3. The third-order valence-electron chi connectivity index (χ3n) is 20.8. The number of fused-ring (bicyclic) bond motifs is 11. The molecule has 0 radical (unpaired) electrons. The van der Waals surface area contributed by atoms with E-state index in [9.17, 15) is 43.8 Å². The van der Waals surface area contributed by atoms with Gasteiger partial charge in [0.2, 0.25) is 35.1 Å². The number of Topliss-reactive ketones (excluding diaryl/α,β-unsaturated/α-hetero) is 1. The SMILES string of the molecule is CN1C[C@H](C(=O)N[C@@]2(C)O[C@@]3(O)[C@@H]4CCCN4C(=O)[C@H](Cc4ccccc4)N3C2=O)CC2c3cccc4[nH]cc(c34)C[C@H]21.CN1C[C@H](C(=O)N[C@]2(C)O[C@@]3(O)C4CCCN4C(=O)[C@H](Cc4ccccc4)N3C2=O)C[C@@H]2c3cccc(N)c3C(=O)C[C@H]21. The van der Waals surface area contributed by atoms with Gasteiger partial charge in [0.15, 0.2) is 5.78 Å². The van der Waals surface area contributed by atoms with Gasteiger partial charge in [-0.2, -0.15) is 0 Å². The van der Waals surface area contributed by atoms with Crippen molar-refractivity contribution in [1.29, 1.82) is 0 Å². The van der Waals surface area contributed by atoms with Gasteiger partial charge in [-0.25, -0.2) is 0 Å². The number of aliphatic hydroxyl groups is 2. The molecule has 0 spiro atoms. The quantitative estimate of drug-likeness (QED) is 0.122. The largest absolute Gasteiger partial charge is 0.398 e. The van der Waals surface area contributed by atoms with Gasteiger partial charge >= 0.3 is 0 Å². The average molecular weight is 1170 g/mol. The van der Waals surface area contributed by atoms with Gasteiger partial charge in [-0.05, 0) is 113 Å². The molecule has 21 heteroatoms. The number of nitrogen functional groups attached to an aromatic ring is 1. The Labute approximate surface area is 498 Å². The Morgan fingerprint density at radius 1 is 0.640 bits per heavy atom. The van der Waals surface area contributed by atoms with Crippen LogP contribution in [0.1, 0.15) is 109 Å². The van der Waals surface area contributed by atoms with Crippen LogP contribution in [0.2, 0.25) is 0 Å². The Bertz CT molecular complexity index is 3620. The number of carbonyl (C=O) groups excluding carboxylic acids is 7. The van der Waals surface area contributed by atoms with E-state index in [2.05, 4.69) is 52.0 Å². The minimum Gasteiger partial charge on any atom is -0.398 e. The van der Waals surface area contributed by atoms with Crippen molar-refractivity contribution in [3.8, 4) is 0 Å². The maximum Gasteiger partial charge on any atom is 0.280 e. The number of nitrogens with two attached hydrogens (primary N) is 1. The number of piperazine rings is 2. The number of hydrogen-bond acceptors (Lipinski definition) is 14. The first-order valence-corrected chi connectivity index (χ1v) is 30.5. The van der Waals surface area contributed by atoms with Gasteiger partial charge in [-0.1, -0.05) is 84.9 Å². The predicted molar refractivity (Wildman–Crippen MR) is 313 cm³/mol. The summed E-state index contributed by atoms with van der Waals surface area (Å²) in [6.45, 7) is 4.87. The number of ketones is 1. The highest BCUT2D eigenvalue weighted by atomic mass is 16.7. The van der Waals surface area contributed by atoms with Crippen molar-refractivity contribution in [2.24, 2.45) is 11.8 Å². The first-order valence-electron chi connectivity index (χ1n) is 30.5. The number of nitrogens with zero attached hydrogens (tertiary/aromatic N) is 6. The smallest absolute Gasteiger partial charge is 0.280 e. The van der Waals surface area contributed by atoms with E-state index in [-0.39, 0.29) is 72.1 Å². The van der Waals surface area contributed by atoms with E-state index in [1.54, 1.807) is 15.9 Å². The van der Waals surface area contributed by atoms with Crippen molar-refractivity contribution in [2.75, 3.05) is 46.0 Å². The van der Waals surface area contributed by atoms with Crippen LogP contribution in [0.25, 0.3) is 10.9 Å². The molecule has 86 heavy (non-hydrogen) atoms. The Balaban J connectivity index is 0.000000152. The Hall–Kier alpha value is -7.53. The molecule has 2 aliphatic carbocycles. The van der Waals surface area contributed by atoms with Gasteiger partial charge in [0, 0.05) is 97.7 Å². The number of H-pyrrole nitrogens is 1. The molecule has 9 heterocycles. The summed E-state index contributed by atoms with van der Waals surface area (Å²) in [4.78, 5) is 110. The minimum atomic E-state index is -2.07. The van der Waals surface area contributed by atoms with Crippen molar-refractivity contribution in [3.05, 3.63) is 137 Å². The maximum absolute atomic E-state index is 14.2. The van der Waals surface area contributed by atoms with E-state index in [1.165, 1.54) is 40.2 Å². The number of ether oxygens (including phenoxy) is 2. The van der Waals surface area contributed by atoms with Crippen molar-refractivity contribution >= 4 is 57.8 Å². The van der Waals surface area contributed by atoms with E-state index >= 15 is 0 Å². The molecule has 450 valence electrons. The lowest BCUT2D eigenvalue weighted by atomic mass is 9.71. The number of rotatable bonds is 8. The van der Waals surface area contributed by atoms with E-state index < -0.39 is 65.2 Å². The molecule has 10 aliphatic rings. The molecule has 1 aromatic heterocycles. The fourth-order valence-corrected chi connectivity index (χ4v) is 16.8. The van der Waals surface area contributed by atoms with Crippen LogP contribution < -0.4 is 16.4 Å². The second-order valence-corrected chi connectivity index (χ2v) is 26.0. The fraction of sp³-hybridized carbons (Fsp3) is 0.492. The number of aromatic amines is 1. The molecule has 8 aliphatic heterocycles. The number of benzene rings is 4. The van der Waals surface area contributed by atoms with Crippen molar-refractivity contribution < 1.29 is 53.2 Å². The second-order valence-electron chi connectivity index (χ2n) is 26.0. The fourth-order valence-electron chi connectivity index (χ4n) is 16.8. The number of carbonyl (C=O) groups is 7. The van der Waals surface area contributed by atoms with Gasteiger partial charge < -0.3 is 51.2 Å². The Kier molecular flexibility index (Phi) is 13.5. The molecule has 7 N–H and O–H groups in total. The molecule has 8 fully saturated rings. The molecule has 21 nitrogen and oxygen atoms in total. The summed E-state index contributed by atoms with van der Waals surface area (Å²) in [5.41, 5.74) is 9.71. The molecular weight excluding hydrogens is 1100 g/mol. The third kappa shape index (κ3) is 8.72. The minimum absolute atomic E-state index is 0.00650. The normalized spacial score (nSPS) is 35.3. The summed E-state index contributed by atoms with van der Waals surface area (Å²) >= 11 is 0. The van der Waals surface area contributed by atoms with Crippen LogP contribution >= 0.6 is 0 Å². The van der Waals surface area contributed by atoms with Crippen molar-refractivity contribution in [3.63, 3.8) is 0 Å². The maximum atomic E-state index is 14.2. The second kappa shape index (κ2) is 20.6. The van der Waals surface area contributed by atoms with Crippen LogP contribution in [0.15, 0.2) is 103 Å². The summed E-state index contributed by atoms with van der Waals surface area (Å²) in [5.74, 6) is -7.24. The molecule has 14 atom stereocenters. The molecule has 0 bridgehead atoms. The third-order valence-corrected chi connectivity index (χ3v) is 20.8. The summed E-state index contributed by atoms with van der Waals surface area (Å²) in [6, 6.07) is 27.5. The van der Waals surface area contributed by atoms with Gasteiger partial charge in [0.05, 0.1) is 11.8 Å². The number of hydrogen-bond donors (Lipinski definition) is 6. The lowest BCUT2D eigenvalue weighted by Crippen LogP contribution is -2.71. The Morgan fingerprint density at radius 2 is 1.12 bits per heavy atom. The Morgan fingerprint density at radius 3 is 1.64 bits per heavy atom. The van der Waals surface area contributed by atoms with E-state index in [1.807, 2.05) is 84.7 Å². The van der Waals surface area contributed by atoms with Gasteiger partial charge in [-0.15, -0.1) is 0 Å². The first-order chi connectivity index (χ1) is 41.2. The van der Waals surface area contributed by atoms with Crippen LogP contribution in [0.4, 0.5) is 5.69 Å². The molecule has 8 saturated heterocycles. The average Bonchev–Trinajstić information content (AvgIpc) is 1.55. The highest BCUT2D eigenvalue weighted by Crippen LogP contribution is 2.50. The lowest BCUT2D eigenvalue weighted by molar-refractivity contribution is -0.315. The number of nitrogens with one attached hydrogen (secondary N) is 3. The van der Waals surface area contributed by atoms with Crippen LogP contribution in [-0.4, -0.2) is 186 Å². The van der Waals surface area contributed by atoms with E-state index in [0.717, 1.165) is 28.6 Å². The number of likely N-dealkylation sites (tertiary alicyclic amines) is 2. The lowest BCUT2D eigenvalue weighted by Gasteiger charge is -2.48. The van der Waals surface area contributed by atoms with Crippen LogP contribution in [0, 0.1) is 11.8 Å². The predicted octanol–water partition coefficient (Wildman–Crippen LogP) is 3.29. The standard InChI is InChI=1S/C33H37N5O5.C32H37N5O6/c1-32(35-29(39)21-15-23-22-10-6-11-24-28(22)20(17-34-24)16-25(23)36(2)18-21)31(41)38-26(14-19-8-4-3-5-9-19)30(40)37-13-7-12-27(37)33(38,42)43-32;1-31(34-28(39)19-15-21-20-10-6-11-22(33)27(20)25(38)16-23(21)35(2)17-19)30(41)37-24(14-18-8-4-3-5-9-18)29(40)36-13-7-12-26(36)32(37,42)43-31/h3-6,8-11,17,21,23,25-27,34,42H,7,12-16,18H2,1-2H3,(H,35,39);3-6,8-11,19,21,23-24,26,42H,7,12-17,33H2,1-2H3,(H,34,39)/t21-,23?,25-,26+,27+,32+,33+;19-,21-,23-,24+,26?,31-,32+/m11/s1. The molecular formula is C65H74N10O11. The molecule has 15 rings (SSSR count). The number of anilines is 1. The number of piperidine rings is 2. The summed E-state index contributed by atoms with van der Waals surface area (Å²) < 4.78 is 12.4. The van der Waals surface area contributed by atoms with Crippen LogP contribution in [0.3, 0.4) is 0 Å². The highest BCUT2D eigenvalue weighted by molar-refractivity contribution is 6.04. The summed E-state index contributed by atoms with van der Waals surface area (Å²) in [5, 5.41) is 31.1. The zero-order valence-electron chi connectivity index (χ0n) is 48.8. The van der Waals surface area contributed by atoms with E-state index in [0.29, 0.717) is 82.4 Å². The molecule has 6 amide bonds. The summed E-state index contributed by atoms with van der Waals surface area (Å²) in [7, 11) is 3.96. The molecule has 5 aromatic rings. The number of amides is 6. The van der Waals surface area contributed by atoms with Gasteiger partial charge in [-0.3, -0.25) is 52.8 Å². The van der Waals surface area contributed by atoms with Crippen molar-refractivity contribution in [1.82, 2.24) is 45.0 Å². The van der Waals surface area contributed by atoms with Crippen molar-refractivity contribution in [2.45, 2.75) is 149 Å². The zero-order chi connectivity index (χ0) is 59.9. The van der Waals surface area contributed by atoms with E-state index in [4.69, 9.17) is 15.2 Å².